The standard InChI is InChI=1S/C20H25N/c1-17(19-12-6-3-7-13-19)21-15-9-8-14-20(21)16-18-10-4-2-5-11-18/h2-7,10-13,17,20H,8-9,14-16H2,1H3. The van der Waals surface area contributed by atoms with Crippen molar-refractivity contribution >= 4 is 0 Å². The molecule has 1 heterocycles. The molecule has 0 spiro atoms. The van der Waals surface area contributed by atoms with Crippen LogP contribution in [0.5, 0.6) is 0 Å². The molecule has 110 valence electrons. The Bertz CT molecular complexity index is 534. The lowest BCUT2D eigenvalue weighted by atomic mass is 9.92. The van der Waals surface area contributed by atoms with E-state index in [1.54, 1.807) is 0 Å². The van der Waals surface area contributed by atoms with Gasteiger partial charge >= 0.3 is 0 Å². The lowest BCUT2D eigenvalue weighted by molar-refractivity contribution is 0.103. The lowest BCUT2D eigenvalue weighted by Crippen LogP contribution is -2.42. The van der Waals surface area contributed by atoms with Crippen LogP contribution in [0, 0.1) is 0 Å². The van der Waals surface area contributed by atoms with Crippen molar-refractivity contribution in [3.05, 3.63) is 71.8 Å². The molecule has 2 atom stereocenters. The Morgan fingerprint density at radius 1 is 0.952 bits per heavy atom. The smallest absolute Gasteiger partial charge is 0.0322 e. The van der Waals surface area contributed by atoms with Crippen molar-refractivity contribution < 1.29 is 0 Å². The topological polar surface area (TPSA) is 3.24 Å². The number of likely N-dealkylation sites (tertiary alicyclic amines) is 1. The van der Waals surface area contributed by atoms with Crippen LogP contribution in [0.4, 0.5) is 0 Å². The van der Waals surface area contributed by atoms with Crippen LogP contribution in [0.1, 0.15) is 43.4 Å². The Morgan fingerprint density at radius 3 is 2.33 bits per heavy atom. The van der Waals surface area contributed by atoms with Crippen LogP contribution in [0.2, 0.25) is 0 Å². The molecule has 1 nitrogen and oxygen atoms in total. The van der Waals surface area contributed by atoms with E-state index in [0.717, 1.165) is 0 Å². The van der Waals surface area contributed by atoms with Crippen LogP contribution in [0.15, 0.2) is 60.7 Å². The maximum atomic E-state index is 2.71. The summed E-state index contributed by atoms with van der Waals surface area (Å²) in [5, 5.41) is 0. The van der Waals surface area contributed by atoms with Crippen LogP contribution in [0.3, 0.4) is 0 Å². The maximum Gasteiger partial charge on any atom is 0.0322 e. The fraction of sp³-hybridized carbons (Fsp3) is 0.400. The van der Waals surface area contributed by atoms with E-state index in [9.17, 15) is 0 Å². The molecule has 3 rings (SSSR count). The van der Waals surface area contributed by atoms with Crippen molar-refractivity contribution in [2.24, 2.45) is 0 Å². The molecule has 0 bridgehead atoms. The van der Waals surface area contributed by atoms with Crippen molar-refractivity contribution in [1.82, 2.24) is 4.90 Å². The number of hydrogen-bond acceptors (Lipinski definition) is 1. The number of nitrogens with zero attached hydrogens (tertiary/aromatic N) is 1. The molecular formula is C20H25N. The van der Waals surface area contributed by atoms with Gasteiger partial charge in [0.05, 0.1) is 0 Å². The van der Waals surface area contributed by atoms with Crippen molar-refractivity contribution in [2.75, 3.05) is 6.54 Å². The van der Waals surface area contributed by atoms with Gasteiger partial charge in [-0.25, -0.2) is 0 Å². The van der Waals surface area contributed by atoms with E-state index < -0.39 is 0 Å². The first-order valence-electron chi connectivity index (χ1n) is 8.19. The van der Waals surface area contributed by atoms with Gasteiger partial charge in [-0.2, -0.15) is 0 Å². The van der Waals surface area contributed by atoms with Gasteiger partial charge in [-0.05, 0) is 43.9 Å². The van der Waals surface area contributed by atoms with Crippen LogP contribution in [0.25, 0.3) is 0 Å². The number of piperidine rings is 1. The summed E-state index contributed by atoms with van der Waals surface area (Å²) in [6.07, 6.45) is 5.21. The molecule has 0 aliphatic carbocycles. The predicted octanol–water partition coefficient (Wildman–Crippen LogP) is 4.84. The SMILES string of the molecule is CC(c1ccccc1)N1CCCCC1Cc1ccccc1. The van der Waals surface area contributed by atoms with E-state index in [2.05, 4.69) is 72.5 Å². The minimum absolute atomic E-state index is 0.514. The molecule has 1 heteroatoms. The summed E-state index contributed by atoms with van der Waals surface area (Å²) in [5.74, 6) is 0. The fourth-order valence-corrected chi connectivity index (χ4v) is 3.56. The molecule has 0 N–H and O–H groups in total. The van der Waals surface area contributed by atoms with E-state index in [0.29, 0.717) is 12.1 Å². The van der Waals surface area contributed by atoms with Crippen molar-refractivity contribution in [2.45, 2.75) is 44.7 Å². The van der Waals surface area contributed by atoms with Gasteiger partial charge in [0.15, 0.2) is 0 Å². The molecule has 1 saturated heterocycles. The van der Waals surface area contributed by atoms with Crippen LogP contribution in [-0.4, -0.2) is 17.5 Å². The first-order valence-corrected chi connectivity index (χ1v) is 8.19. The highest BCUT2D eigenvalue weighted by molar-refractivity contribution is 5.20. The second-order valence-electron chi connectivity index (χ2n) is 6.16. The van der Waals surface area contributed by atoms with Crippen molar-refractivity contribution in [3.63, 3.8) is 0 Å². The summed E-state index contributed by atoms with van der Waals surface area (Å²) in [6.45, 7) is 3.59. The zero-order chi connectivity index (χ0) is 14.5. The average molecular weight is 279 g/mol. The van der Waals surface area contributed by atoms with Gasteiger partial charge in [-0.3, -0.25) is 4.90 Å². The van der Waals surface area contributed by atoms with Gasteiger partial charge in [-0.1, -0.05) is 67.1 Å². The third-order valence-corrected chi connectivity index (χ3v) is 4.77. The zero-order valence-corrected chi connectivity index (χ0v) is 12.9. The predicted molar refractivity (Wildman–Crippen MR) is 89.3 cm³/mol. The van der Waals surface area contributed by atoms with Gasteiger partial charge in [0, 0.05) is 12.1 Å². The summed E-state index contributed by atoms with van der Waals surface area (Å²) in [4.78, 5) is 2.71. The van der Waals surface area contributed by atoms with Crippen LogP contribution < -0.4 is 0 Å². The number of benzene rings is 2. The Balaban J connectivity index is 1.75. The monoisotopic (exact) mass is 279 g/mol. The molecule has 0 amide bonds. The van der Waals surface area contributed by atoms with Gasteiger partial charge in [0.25, 0.3) is 0 Å². The Hall–Kier alpha value is -1.60. The van der Waals surface area contributed by atoms with E-state index in [1.807, 2.05) is 0 Å². The normalized spacial score (nSPS) is 21.1. The molecule has 0 saturated carbocycles. The third kappa shape index (κ3) is 3.54. The molecule has 2 aromatic carbocycles. The quantitative estimate of drug-likeness (QED) is 0.773. The van der Waals surface area contributed by atoms with E-state index >= 15 is 0 Å². The Labute approximate surface area is 128 Å². The van der Waals surface area contributed by atoms with E-state index in [1.165, 1.54) is 43.4 Å². The summed E-state index contributed by atoms with van der Waals surface area (Å²) in [6, 6.07) is 23.1. The molecule has 1 aliphatic heterocycles. The fourth-order valence-electron chi connectivity index (χ4n) is 3.56. The molecule has 0 radical (unpaired) electrons. The van der Waals surface area contributed by atoms with Gasteiger partial charge in [0.1, 0.15) is 0 Å². The maximum absolute atomic E-state index is 2.71. The van der Waals surface area contributed by atoms with E-state index in [4.69, 9.17) is 0 Å². The number of rotatable bonds is 4. The Kier molecular flexibility index (Phi) is 4.72. The average Bonchev–Trinajstić information content (AvgIpc) is 2.56. The second kappa shape index (κ2) is 6.91. The molecule has 21 heavy (non-hydrogen) atoms. The Morgan fingerprint density at radius 2 is 1.62 bits per heavy atom. The van der Waals surface area contributed by atoms with Gasteiger partial charge < -0.3 is 0 Å². The molecule has 1 fully saturated rings. The summed E-state index contributed by atoms with van der Waals surface area (Å²) in [5.41, 5.74) is 2.91. The molecule has 1 aliphatic rings. The van der Waals surface area contributed by atoms with Gasteiger partial charge in [0.2, 0.25) is 0 Å². The highest BCUT2D eigenvalue weighted by atomic mass is 15.2. The zero-order valence-electron chi connectivity index (χ0n) is 12.9. The highest BCUT2D eigenvalue weighted by Gasteiger charge is 2.27. The van der Waals surface area contributed by atoms with Gasteiger partial charge in [-0.15, -0.1) is 0 Å². The van der Waals surface area contributed by atoms with Crippen molar-refractivity contribution in [1.29, 1.82) is 0 Å². The van der Waals surface area contributed by atoms with Crippen molar-refractivity contribution in [3.8, 4) is 0 Å². The van der Waals surface area contributed by atoms with E-state index in [-0.39, 0.29) is 0 Å². The molecular weight excluding hydrogens is 254 g/mol. The molecule has 2 unspecified atom stereocenters. The van der Waals surface area contributed by atoms with Crippen LogP contribution in [-0.2, 0) is 6.42 Å². The third-order valence-electron chi connectivity index (χ3n) is 4.77. The van der Waals surface area contributed by atoms with Crippen LogP contribution >= 0.6 is 0 Å². The minimum atomic E-state index is 0.514. The molecule has 0 aromatic heterocycles. The number of hydrogen-bond donors (Lipinski definition) is 0. The molecule has 2 aromatic rings. The highest BCUT2D eigenvalue weighted by Crippen LogP contribution is 2.29. The second-order valence-corrected chi connectivity index (χ2v) is 6.16. The largest absolute Gasteiger partial charge is 0.293 e. The minimum Gasteiger partial charge on any atom is -0.293 e. The summed E-state index contributed by atoms with van der Waals surface area (Å²) in [7, 11) is 0. The first kappa shape index (κ1) is 14.3. The summed E-state index contributed by atoms with van der Waals surface area (Å²) < 4.78 is 0. The summed E-state index contributed by atoms with van der Waals surface area (Å²) >= 11 is 0. The first-order chi connectivity index (χ1) is 10.3. The lowest BCUT2D eigenvalue weighted by Gasteiger charge is -2.40.